The van der Waals surface area contributed by atoms with Gasteiger partial charge in [0.05, 0.1) is 16.8 Å². The van der Waals surface area contributed by atoms with Crippen molar-refractivity contribution in [1.82, 2.24) is 14.5 Å². The highest BCUT2D eigenvalue weighted by Gasteiger charge is 2.46. The van der Waals surface area contributed by atoms with E-state index in [0.29, 0.717) is 12.1 Å². The van der Waals surface area contributed by atoms with Gasteiger partial charge in [0.15, 0.2) is 11.6 Å². The number of anilines is 2. The van der Waals surface area contributed by atoms with Gasteiger partial charge in [0, 0.05) is 6.42 Å². The SMILES string of the molecule is N#Cc1cncnc1Nc1cc(Cl)c2n(c1=O)C1(CCCCC1)CC2=O. The van der Waals surface area contributed by atoms with E-state index in [0.717, 1.165) is 32.1 Å². The number of ketones is 1. The number of nitriles is 1. The third-order valence-electron chi connectivity index (χ3n) is 5.25. The molecule has 1 saturated carbocycles. The van der Waals surface area contributed by atoms with Crippen LogP contribution in [0, 0.1) is 11.3 Å². The van der Waals surface area contributed by atoms with Crippen molar-refractivity contribution in [2.75, 3.05) is 5.32 Å². The molecule has 1 aliphatic carbocycles. The molecule has 4 rings (SSSR count). The van der Waals surface area contributed by atoms with Crippen LogP contribution in [-0.2, 0) is 5.54 Å². The van der Waals surface area contributed by atoms with Crippen molar-refractivity contribution in [1.29, 1.82) is 5.26 Å². The predicted molar refractivity (Wildman–Crippen MR) is 95.7 cm³/mol. The molecule has 1 fully saturated rings. The maximum absolute atomic E-state index is 13.2. The van der Waals surface area contributed by atoms with Crippen molar-refractivity contribution in [2.45, 2.75) is 44.1 Å². The Bertz CT molecular complexity index is 1000. The van der Waals surface area contributed by atoms with Gasteiger partial charge in [0.2, 0.25) is 0 Å². The first kappa shape index (κ1) is 16.7. The molecule has 0 amide bonds. The highest BCUT2D eigenvalue weighted by Crippen LogP contribution is 2.44. The summed E-state index contributed by atoms with van der Waals surface area (Å²) in [6.07, 6.45) is 7.65. The Labute approximate surface area is 154 Å². The predicted octanol–water partition coefficient (Wildman–Crippen LogP) is 3.15. The van der Waals surface area contributed by atoms with Crippen molar-refractivity contribution in [3.8, 4) is 6.07 Å². The number of hydrogen-bond donors (Lipinski definition) is 1. The first-order valence-corrected chi connectivity index (χ1v) is 8.90. The van der Waals surface area contributed by atoms with E-state index in [1.807, 2.05) is 6.07 Å². The lowest BCUT2D eigenvalue weighted by Gasteiger charge is -2.35. The Morgan fingerprint density at radius 3 is 2.77 bits per heavy atom. The van der Waals surface area contributed by atoms with Crippen LogP contribution >= 0.6 is 11.6 Å². The maximum atomic E-state index is 13.2. The Hall–Kier alpha value is -2.72. The molecule has 2 aromatic rings. The average Bonchev–Trinajstić information content (AvgIpc) is 2.92. The minimum atomic E-state index is -0.479. The van der Waals surface area contributed by atoms with Crippen LogP contribution < -0.4 is 10.9 Å². The molecule has 8 heteroatoms. The monoisotopic (exact) mass is 369 g/mol. The molecule has 0 radical (unpaired) electrons. The highest BCUT2D eigenvalue weighted by atomic mass is 35.5. The third-order valence-corrected chi connectivity index (χ3v) is 5.54. The highest BCUT2D eigenvalue weighted by molar-refractivity contribution is 6.34. The largest absolute Gasteiger partial charge is 0.334 e. The number of rotatable bonds is 2. The van der Waals surface area contributed by atoms with E-state index < -0.39 is 5.54 Å². The van der Waals surface area contributed by atoms with Crippen molar-refractivity contribution in [3.63, 3.8) is 0 Å². The lowest BCUT2D eigenvalue weighted by atomic mass is 9.80. The molecule has 1 N–H and O–H groups in total. The van der Waals surface area contributed by atoms with Gasteiger partial charge in [-0.3, -0.25) is 14.2 Å². The zero-order valence-corrected chi connectivity index (χ0v) is 14.7. The van der Waals surface area contributed by atoms with Gasteiger partial charge in [-0.05, 0) is 18.9 Å². The van der Waals surface area contributed by atoms with E-state index in [1.165, 1.54) is 18.6 Å². The number of nitrogens with zero attached hydrogens (tertiary/aromatic N) is 4. The van der Waals surface area contributed by atoms with E-state index >= 15 is 0 Å². The van der Waals surface area contributed by atoms with Crippen LogP contribution in [-0.4, -0.2) is 20.3 Å². The number of carbonyl (C=O) groups excluding carboxylic acids is 1. The van der Waals surface area contributed by atoms with Crippen LogP contribution in [0.5, 0.6) is 0 Å². The van der Waals surface area contributed by atoms with Crippen LogP contribution in [0.15, 0.2) is 23.4 Å². The number of nitrogens with one attached hydrogen (secondary N) is 1. The summed E-state index contributed by atoms with van der Waals surface area (Å²) >= 11 is 6.37. The van der Waals surface area contributed by atoms with Crippen molar-refractivity contribution < 1.29 is 4.79 Å². The molecule has 26 heavy (non-hydrogen) atoms. The molecule has 7 nitrogen and oxygen atoms in total. The molecule has 0 unspecified atom stereocenters. The minimum absolute atomic E-state index is 0.0831. The topological polar surface area (TPSA) is 101 Å². The molecular weight excluding hydrogens is 354 g/mol. The molecule has 0 bridgehead atoms. The third kappa shape index (κ3) is 2.49. The Morgan fingerprint density at radius 2 is 2.04 bits per heavy atom. The van der Waals surface area contributed by atoms with Gasteiger partial charge in [0.1, 0.15) is 29.3 Å². The quantitative estimate of drug-likeness (QED) is 0.872. The number of hydrogen-bond acceptors (Lipinski definition) is 6. The summed E-state index contributed by atoms with van der Waals surface area (Å²) in [7, 11) is 0. The van der Waals surface area contributed by atoms with E-state index in [9.17, 15) is 14.9 Å². The fourth-order valence-corrected chi connectivity index (χ4v) is 4.40. The molecule has 0 aromatic carbocycles. The van der Waals surface area contributed by atoms with Gasteiger partial charge < -0.3 is 5.32 Å². The number of aromatic nitrogens is 3. The molecule has 132 valence electrons. The van der Waals surface area contributed by atoms with Gasteiger partial charge in [-0.25, -0.2) is 9.97 Å². The zero-order chi connectivity index (χ0) is 18.3. The number of carbonyl (C=O) groups is 1. The molecule has 0 atom stereocenters. The fourth-order valence-electron chi connectivity index (χ4n) is 4.10. The summed E-state index contributed by atoms with van der Waals surface area (Å²) in [6, 6.07) is 3.43. The lowest BCUT2D eigenvalue weighted by molar-refractivity contribution is 0.0950. The second kappa shape index (κ2) is 6.22. The summed E-state index contributed by atoms with van der Waals surface area (Å²) in [6.45, 7) is 0. The Kier molecular flexibility index (Phi) is 4.00. The number of Topliss-reactive ketones (excluding diaryl/α,β-unsaturated/α-hetero) is 1. The number of fused-ring (bicyclic) bond motifs is 2. The van der Waals surface area contributed by atoms with E-state index in [4.69, 9.17) is 11.6 Å². The molecule has 1 spiro atoms. The van der Waals surface area contributed by atoms with Gasteiger partial charge in [-0.2, -0.15) is 5.26 Å². The Morgan fingerprint density at radius 1 is 1.27 bits per heavy atom. The average molecular weight is 370 g/mol. The molecule has 2 aromatic heterocycles. The normalized spacial score (nSPS) is 17.8. The first-order valence-electron chi connectivity index (χ1n) is 8.52. The summed E-state index contributed by atoms with van der Waals surface area (Å²) in [4.78, 5) is 33.6. The second-order valence-corrected chi connectivity index (χ2v) is 7.21. The summed E-state index contributed by atoms with van der Waals surface area (Å²) in [5.74, 6) is 0.151. The number of halogens is 1. The lowest BCUT2D eigenvalue weighted by Crippen LogP contribution is -2.40. The number of pyridine rings is 1. The van der Waals surface area contributed by atoms with Crippen LogP contribution in [0.25, 0.3) is 0 Å². The molecule has 3 heterocycles. The zero-order valence-electron chi connectivity index (χ0n) is 14.0. The Balaban J connectivity index is 1.86. The molecular formula is C18H16ClN5O2. The van der Waals surface area contributed by atoms with Gasteiger partial charge >= 0.3 is 0 Å². The van der Waals surface area contributed by atoms with Gasteiger partial charge in [-0.1, -0.05) is 30.9 Å². The van der Waals surface area contributed by atoms with Crippen molar-refractivity contribution in [3.05, 3.63) is 45.2 Å². The van der Waals surface area contributed by atoms with Crippen LogP contribution in [0.1, 0.15) is 54.6 Å². The fraction of sp³-hybridized carbons (Fsp3) is 0.389. The first-order chi connectivity index (χ1) is 12.6. The van der Waals surface area contributed by atoms with Crippen LogP contribution in [0.2, 0.25) is 5.02 Å². The summed E-state index contributed by atoms with van der Waals surface area (Å²) in [5, 5.41) is 12.3. The van der Waals surface area contributed by atoms with Crippen molar-refractivity contribution in [2.24, 2.45) is 0 Å². The minimum Gasteiger partial charge on any atom is -0.334 e. The smallest absolute Gasteiger partial charge is 0.275 e. The van der Waals surface area contributed by atoms with Crippen LogP contribution in [0.4, 0.5) is 11.5 Å². The summed E-state index contributed by atoms with van der Waals surface area (Å²) < 4.78 is 1.59. The molecule has 1 aliphatic heterocycles. The van der Waals surface area contributed by atoms with Crippen LogP contribution in [0.3, 0.4) is 0 Å². The maximum Gasteiger partial charge on any atom is 0.275 e. The standard InChI is InChI=1S/C18H16ClN5O2/c19-12-6-13(23-16-11(8-20)9-21-10-22-16)17(26)24-15(12)14(25)7-18(24)4-2-1-3-5-18/h6,9-10H,1-5,7H2,(H,21,22,23). The van der Waals surface area contributed by atoms with E-state index in [2.05, 4.69) is 15.3 Å². The van der Waals surface area contributed by atoms with E-state index in [-0.39, 0.29) is 33.4 Å². The van der Waals surface area contributed by atoms with Gasteiger partial charge in [-0.15, -0.1) is 0 Å². The summed E-state index contributed by atoms with van der Waals surface area (Å²) in [5.41, 5.74) is -0.0650. The van der Waals surface area contributed by atoms with Crippen molar-refractivity contribution >= 4 is 28.9 Å². The van der Waals surface area contributed by atoms with Gasteiger partial charge in [0.25, 0.3) is 5.56 Å². The molecule has 2 aliphatic rings. The second-order valence-electron chi connectivity index (χ2n) is 6.80. The molecule has 0 saturated heterocycles. The van der Waals surface area contributed by atoms with E-state index in [1.54, 1.807) is 4.57 Å².